The Hall–Kier alpha value is -3.30. The standard InChI is InChI=1S/C20H21F3N4O3/c1-13-19(29)27(15-5-2-3-6-16(15)30-13)12-18(28)25-10-4-9-24-17-8-7-14(11-26-17)20(21,22)23/h2-3,5-8,11,13H,4,9-10,12H2,1H3,(H,24,26)(H,25,28). The summed E-state index contributed by atoms with van der Waals surface area (Å²) in [5, 5.41) is 5.62. The largest absolute Gasteiger partial charge is 0.479 e. The van der Waals surface area contributed by atoms with Gasteiger partial charge < -0.3 is 15.4 Å². The Balaban J connectivity index is 1.43. The van der Waals surface area contributed by atoms with E-state index < -0.39 is 17.8 Å². The van der Waals surface area contributed by atoms with E-state index in [4.69, 9.17) is 4.74 Å². The van der Waals surface area contributed by atoms with Gasteiger partial charge in [0.1, 0.15) is 18.1 Å². The number of nitrogens with zero attached hydrogens (tertiary/aromatic N) is 2. The molecule has 1 aliphatic rings. The van der Waals surface area contributed by atoms with Gasteiger partial charge in [0, 0.05) is 19.3 Å². The highest BCUT2D eigenvalue weighted by atomic mass is 19.4. The minimum Gasteiger partial charge on any atom is -0.479 e. The third-order valence-electron chi connectivity index (χ3n) is 4.45. The lowest BCUT2D eigenvalue weighted by Gasteiger charge is -2.32. The molecule has 0 saturated carbocycles. The van der Waals surface area contributed by atoms with Crippen LogP contribution in [0.5, 0.6) is 5.75 Å². The SMILES string of the molecule is CC1Oc2ccccc2N(CC(=O)NCCCNc2ccc(C(F)(F)F)cn2)C1=O. The van der Waals surface area contributed by atoms with Crippen LogP contribution in [-0.4, -0.2) is 42.5 Å². The van der Waals surface area contributed by atoms with Gasteiger partial charge in [0.05, 0.1) is 11.3 Å². The summed E-state index contributed by atoms with van der Waals surface area (Å²) in [4.78, 5) is 29.7. The van der Waals surface area contributed by atoms with E-state index in [1.807, 2.05) is 0 Å². The number of carbonyl (C=O) groups excluding carboxylic acids is 2. The molecule has 0 bridgehead atoms. The first-order chi connectivity index (χ1) is 14.3. The first kappa shape index (κ1) is 21.4. The second-order valence-electron chi connectivity index (χ2n) is 6.71. The van der Waals surface area contributed by atoms with Crippen LogP contribution in [0.2, 0.25) is 0 Å². The van der Waals surface area contributed by atoms with Gasteiger partial charge in [-0.05, 0) is 37.6 Å². The van der Waals surface area contributed by atoms with Crippen molar-refractivity contribution in [3.8, 4) is 5.75 Å². The predicted molar refractivity (Wildman–Crippen MR) is 104 cm³/mol. The molecule has 10 heteroatoms. The average molecular weight is 422 g/mol. The number of rotatable bonds is 7. The first-order valence-corrected chi connectivity index (χ1v) is 9.36. The molecule has 2 amide bonds. The number of nitrogens with one attached hydrogen (secondary N) is 2. The molecule has 1 atom stereocenters. The van der Waals surface area contributed by atoms with E-state index in [-0.39, 0.29) is 18.4 Å². The van der Waals surface area contributed by atoms with Crippen molar-refractivity contribution in [2.24, 2.45) is 0 Å². The summed E-state index contributed by atoms with van der Waals surface area (Å²) in [7, 11) is 0. The summed E-state index contributed by atoms with van der Waals surface area (Å²) in [6.45, 7) is 2.25. The van der Waals surface area contributed by atoms with Gasteiger partial charge in [-0.1, -0.05) is 12.1 Å². The van der Waals surface area contributed by atoms with Crippen molar-refractivity contribution in [2.75, 3.05) is 29.9 Å². The van der Waals surface area contributed by atoms with Gasteiger partial charge in [-0.2, -0.15) is 13.2 Å². The van der Waals surface area contributed by atoms with Crippen molar-refractivity contribution in [3.05, 3.63) is 48.2 Å². The van der Waals surface area contributed by atoms with Crippen molar-refractivity contribution in [1.29, 1.82) is 0 Å². The van der Waals surface area contributed by atoms with E-state index in [1.54, 1.807) is 31.2 Å². The van der Waals surface area contributed by atoms with Crippen LogP contribution in [-0.2, 0) is 15.8 Å². The predicted octanol–water partition coefficient (Wildman–Crippen LogP) is 2.83. The molecule has 0 fully saturated rings. The fourth-order valence-electron chi connectivity index (χ4n) is 2.92. The molecule has 1 unspecified atom stereocenters. The van der Waals surface area contributed by atoms with Crippen molar-refractivity contribution < 1.29 is 27.5 Å². The third-order valence-corrected chi connectivity index (χ3v) is 4.45. The van der Waals surface area contributed by atoms with Gasteiger partial charge in [0.15, 0.2) is 6.10 Å². The molecule has 160 valence electrons. The minimum atomic E-state index is -4.42. The molecule has 0 radical (unpaired) electrons. The van der Waals surface area contributed by atoms with Gasteiger partial charge in [0.2, 0.25) is 5.91 Å². The number of carbonyl (C=O) groups is 2. The first-order valence-electron chi connectivity index (χ1n) is 9.36. The van der Waals surface area contributed by atoms with Crippen LogP contribution >= 0.6 is 0 Å². The lowest BCUT2D eigenvalue weighted by atomic mass is 10.2. The Bertz CT molecular complexity index is 903. The lowest BCUT2D eigenvalue weighted by molar-refractivity contribution is -0.137. The summed E-state index contributed by atoms with van der Waals surface area (Å²) < 4.78 is 43.1. The number of ether oxygens (including phenoxy) is 1. The number of anilines is 2. The van der Waals surface area contributed by atoms with Crippen LogP contribution < -0.4 is 20.3 Å². The number of benzene rings is 1. The number of para-hydroxylation sites is 2. The molecule has 0 aliphatic carbocycles. The quantitative estimate of drug-likeness (QED) is 0.671. The van der Waals surface area contributed by atoms with Gasteiger partial charge >= 0.3 is 6.18 Å². The maximum absolute atomic E-state index is 12.5. The molecule has 0 spiro atoms. The second-order valence-corrected chi connectivity index (χ2v) is 6.71. The highest BCUT2D eigenvalue weighted by Gasteiger charge is 2.32. The van der Waals surface area contributed by atoms with Crippen LogP contribution in [0, 0.1) is 0 Å². The smallest absolute Gasteiger partial charge is 0.417 e. The molecular formula is C20H21F3N4O3. The topological polar surface area (TPSA) is 83.6 Å². The van der Waals surface area contributed by atoms with Crippen molar-refractivity contribution in [1.82, 2.24) is 10.3 Å². The van der Waals surface area contributed by atoms with E-state index in [2.05, 4.69) is 15.6 Å². The zero-order valence-electron chi connectivity index (χ0n) is 16.2. The molecule has 7 nitrogen and oxygen atoms in total. The van der Waals surface area contributed by atoms with Crippen LogP contribution in [0.15, 0.2) is 42.6 Å². The summed E-state index contributed by atoms with van der Waals surface area (Å²) in [6, 6.07) is 9.21. The number of alkyl halides is 3. The van der Waals surface area contributed by atoms with Crippen LogP contribution in [0.4, 0.5) is 24.7 Å². The highest BCUT2D eigenvalue weighted by Crippen LogP contribution is 2.33. The fourth-order valence-corrected chi connectivity index (χ4v) is 2.92. The maximum Gasteiger partial charge on any atom is 0.417 e. The summed E-state index contributed by atoms with van der Waals surface area (Å²) in [5.41, 5.74) is -0.264. The van der Waals surface area contributed by atoms with Gasteiger partial charge in [-0.25, -0.2) is 4.98 Å². The van der Waals surface area contributed by atoms with Gasteiger partial charge in [-0.3, -0.25) is 14.5 Å². The number of pyridine rings is 1. The molecule has 30 heavy (non-hydrogen) atoms. The summed E-state index contributed by atoms with van der Waals surface area (Å²) in [5.74, 6) is 0.253. The average Bonchev–Trinajstić information content (AvgIpc) is 2.71. The Morgan fingerprint density at radius 2 is 1.97 bits per heavy atom. The zero-order valence-corrected chi connectivity index (χ0v) is 16.2. The monoisotopic (exact) mass is 422 g/mol. The number of amides is 2. The van der Waals surface area contributed by atoms with Crippen molar-refractivity contribution in [3.63, 3.8) is 0 Å². The van der Waals surface area contributed by atoms with Crippen molar-refractivity contribution in [2.45, 2.75) is 25.6 Å². The molecule has 2 heterocycles. The molecule has 1 aromatic heterocycles. The molecular weight excluding hydrogens is 401 g/mol. The molecule has 3 rings (SSSR count). The Morgan fingerprint density at radius 3 is 2.67 bits per heavy atom. The van der Waals surface area contributed by atoms with Crippen LogP contribution in [0.25, 0.3) is 0 Å². The molecule has 2 N–H and O–H groups in total. The number of aromatic nitrogens is 1. The lowest BCUT2D eigenvalue weighted by Crippen LogP contribution is -2.48. The van der Waals surface area contributed by atoms with E-state index in [9.17, 15) is 22.8 Å². The number of hydrogen-bond acceptors (Lipinski definition) is 5. The fraction of sp³-hybridized carbons (Fsp3) is 0.350. The summed E-state index contributed by atoms with van der Waals surface area (Å²) >= 11 is 0. The normalized spacial score (nSPS) is 15.9. The Kier molecular flexibility index (Phi) is 6.43. The van der Waals surface area contributed by atoms with Gasteiger partial charge in [-0.15, -0.1) is 0 Å². The number of hydrogen-bond donors (Lipinski definition) is 2. The summed E-state index contributed by atoms with van der Waals surface area (Å²) in [6.07, 6.45) is -3.80. The third kappa shape index (κ3) is 5.19. The van der Waals surface area contributed by atoms with Crippen molar-refractivity contribution >= 4 is 23.3 Å². The molecule has 1 aliphatic heterocycles. The van der Waals surface area contributed by atoms with E-state index in [0.29, 0.717) is 36.8 Å². The Morgan fingerprint density at radius 1 is 1.20 bits per heavy atom. The van der Waals surface area contributed by atoms with Crippen LogP contribution in [0.3, 0.4) is 0 Å². The second kappa shape index (κ2) is 9.02. The zero-order chi connectivity index (χ0) is 21.7. The number of halogens is 3. The molecule has 1 aromatic carbocycles. The molecule has 0 saturated heterocycles. The van der Waals surface area contributed by atoms with Crippen LogP contribution in [0.1, 0.15) is 18.9 Å². The van der Waals surface area contributed by atoms with E-state index in [0.717, 1.165) is 12.3 Å². The highest BCUT2D eigenvalue weighted by molar-refractivity contribution is 6.03. The van der Waals surface area contributed by atoms with E-state index >= 15 is 0 Å². The minimum absolute atomic E-state index is 0.128. The number of fused-ring (bicyclic) bond motifs is 1. The Labute approximate surface area is 171 Å². The van der Waals surface area contributed by atoms with Gasteiger partial charge in [0.25, 0.3) is 5.91 Å². The van der Waals surface area contributed by atoms with E-state index in [1.165, 1.54) is 11.0 Å². The maximum atomic E-state index is 12.5. The molecule has 2 aromatic rings.